The van der Waals surface area contributed by atoms with Gasteiger partial charge in [0.2, 0.25) is 0 Å². The zero-order chi connectivity index (χ0) is 39.3. The summed E-state index contributed by atoms with van der Waals surface area (Å²) in [7, 11) is -11.1. The van der Waals surface area contributed by atoms with Crippen LogP contribution in [0.4, 0.5) is 5.82 Å². The number of aromatic amines is 1. The summed E-state index contributed by atoms with van der Waals surface area (Å²) in [5.74, 6) is -0.330. The zero-order valence-electron chi connectivity index (χ0n) is 27.5. The summed E-state index contributed by atoms with van der Waals surface area (Å²) >= 11 is 0. The van der Waals surface area contributed by atoms with E-state index < -0.39 is 89.5 Å². The molecule has 10 N–H and O–H groups in total. The minimum Gasteiger partial charge on any atom is -0.388 e. The van der Waals surface area contributed by atoms with Crippen LogP contribution in [0.15, 0.2) is 34.4 Å². The van der Waals surface area contributed by atoms with E-state index in [2.05, 4.69) is 38.3 Å². The summed E-state index contributed by atoms with van der Waals surface area (Å²) in [4.78, 5) is 78.0. The molecule has 0 spiro atoms. The fraction of sp³-hybridized carbons (Fsp3) is 0.407. The SMILES string of the molecule is Cc1cc2nc3c(=O)[nH]c(=O)nc-3n(C[C@H](O)[C@H](O)[C@H](O)COP(=O)(O)OP(=O)(O)OC[C@H]3O[C@@H](n4cnc5c(N)ncnc54)[C@H](O)[C@@H]3O)c2cc1C=O. The Morgan fingerprint density at radius 3 is 2.48 bits per heavy atom. The molecule has 5 heterocycles. The topological polar surface area (TPSA) is 380 Å². The van der Waals surface area contributed by atoms with E-state index in [0.717, 1.165) is 10.9 Å². The van der Waals surface area contributed by atoms with Gasteiger partial charge in [0.05, 0.1) is 37.1 Å². The van der Waals surface area contributed by atoms with Crippen molar-refractivity contribution < 1.29 is 67.3 Å². The van der Waals surface area contributed by atoms with Crippen molar-refractivity contribution in [3.05, 3.63) is 56.8 Å². The Hall–Kier alpha value is -4.46. The summed E-state index contributed by atoms with van der Waals surface area (Å²) in [6.07, 6.45) is -9.70. The number of anilines is 1. The molecule has 2 unspecified atom stereocenters. The van der Waals surface area contributed by atoms with Crippen LogP contribution in [0.5, 0.6) is 0 Å². The van der Waals surface area contributed by atoms with Gasteiger partial charge in [0.15, 0.2) is 29.2 Å². The molecule has 0 aliphatic carbocycles. The molecule has 0 saturated carbocycles. The molecule has 1 aromatic carbocycles. The number of hydrogen-bond donors (Lipinski definition) is 9. The minimum atomic E-state index is -5.58. The Morgan fingerprint density at radius 2 is 1.76 bits per heavy atom. The number of carbonyl (C=O) groups excluding carboxylic acids is 1. The summed E-state index contributed by atoms with van der Waals surface area (Å²) in [6.45, 7) is -1.35. The van der Waals surface area contributed by atoms with E-state index in [1.807, 2.05) is 4.98 Å². The van der Waals surface area contributed by atoms with Gasteiger partial charge in [-0.15, -0.1) is 0 Å². The molecule has 290 valence electrons. The Balaban J connectivity index is 1.08. The third-order valence-electron chi connectivity index (χ3n) is 8.30. The maximum Gasteiger partial charge on any atom is 0.481 e. The summed E-state index contributed by atoms with van der Waals surface area (Å²) in [5, 5.41) is 53.0. The third kappa shape index (κ3) is 7.85. The van der Waals surface area contributed by atoms with E-state index in [-0.39, 0.29) is 45.1 Å². The highest BCUT2D eigenvalue weighted by molar-refractivity contribution is 7.61. The summed E-state index contributed by atoms with van der Waals surface area (Å²) < 4.78 is 46.4. The highest BCUT2D eigenvalue weighted by Crippen LogP contribution is 2.60. The number of H-pyrrole nitrogens is 1. The Bertz CT molecular complexity index is 2410. The van der Waals surface area contributed by atoms with Crippen molar-refractivity contribution in [1.82, 2.24) is 39.0 Å². The van der Waals surface area contributed by atoms with E-state index in [4.69, 9.17) is 10.5 Å². The van der Waals surface area contributed by atoms with Crippen LogP contribution in [0.2, 0.25) is 0 Å². The molecular weight excluding hydrogens is 768 g/mol. The smallest absolute Gasteiger partial charge is 0.388 e. The number of aromatic nitrogens is 8. The number of aldehydes is 1. The molecule has 3 aliphatic rings. The van der Waals surface area contributed by atoms with Crippen LogP contribution >= 0.6 is 15.6 Å². The average molecular weight is 800 g/mol. The number of hydrogen-bond acceptors (Lipinski definition) is 20. The maximum absolute atomic E-state index is 12.5. The van der Waals surface area contributed by atoms with Gasteiger partial charge < -0.3 is 50.4 Å². The first-order valence-corrected chi connectivity index (χ1v) is 18.4. The number of ether oxygens (including phenoxy) is 1. The van der Waals surface area contributed by atoms with E-state index in [9.17, 15) is 58.8 Å². The van der Waals surface area contributed by atoms with Crippen molar-refractivity contribution in [3.63, 3.8) is 0 Å². The second kappa shape index (κ2) is 15.0. The normalized spacial score (nSPS) is 23.0. The van der Waals surface area contributed by atoms with E-state index in [1.54, 1.807) is 6.92 Å². The van der Waals surface area contributed by atoms with Gasteiger partial charge >= 0.3 is 21.3 Å². The van der Waals surface area contributed by atoms with Gasteiger partial charge in [-0.1, -0.05) is 0 Å². The molecule has 3 aromatic rings. The number of phosphoric acid groups is 2. The Labute approximate surface area is 299 Å². The lowest BCUT2D eigenvalue weighted by molar-refractivity contribution is -0.0794. The first-order valence-electron chi connectivity index (χ1n) is 15.4. The molecular formula is C27H31N9O16P2. The van der Waals surface area contributed by atoms with Crippen molar-refractivity contribution in [1.29, 1.82) is 0 Å². The number of aliphatic hydroxyl groups excluding tert-OH is 5. The summed E-state index contributed by atoms with van der Waals surface area (Å²) in [6, 6.07) is 2.78. The molecule has 3 aliphatic heterocycles. The number of phosphoric ester groups is 2. The van der Waals surface area contributed by atoms with Crippen molar-refractivity contribution in [3.8, 4) is 11.5 Å². The molecule has 25 nitrogen and oxygen atoms in total. The quantitative estimate of drug-likeness (QED) is 0.0308. The van der Waals surface area contributed by atoms with Gasteiger partial charge in [-0.25, -0.2) is 33.9 Å². The number of rotatable bonds is 14. The highest BCUT2D eigenvalue weighted by Gasteiger charge is 2.46. The van der Waals surface area contributed by atoms with Gasteiger partial charge in [-0.05, 0) is 24.6 Å². The molecule has 27 heteroatoms. The Morgan fingerprint density at radius 1 is 1.04 bits per heavy atom. The van der Waals surface area contributed by atoms with Crippen LogP contribution in [0.25, 0.3) is 33.7 Å². The molecule has 1 saturated heterocycles. The molecule has 0 bridgehead atoms. The van der Waals surface area contributed by atoms with Crippen LogP contribution in [-0.2, 0) is 33.8 Å². The van der Waals surface area contributed by atoms with Crippen LogP contribution in [0, 0.1) is 6.92 Å². The fourth-order valence-electron chi connectivity index (χ4n) is 5.59. The van der Waals surface area contributed by atoms with Gasteiger partial charge in [-0.2, -0.15) is 9.29 Å². The third-order valence-corrected chi connectivity index (χ3v) is 10.9. The number of aliphatic hydroxyl groups is 5. The van der Waals surface area contributed by atoms with Crippen molar-refractivity contribution >= 4 is 49.9 Å². The number of fused-ring (bicyclic) bond motifs is 3. The number of aryl methyl sites for hydroxylation is 1. The van der Waals surface area contributed by atoms with Gasteiger partial charge in [0, 0.05) is 5.56 Å². The van der Waals surface area contributed by atoms with Crippen molar-refractivity contribution in [2.75, 3.05) is 18.9 Å². The first-order chi connectivity index (χ1) is 25.4. The van der Waals surface area contributed by atoms with Crippen LogP contribution in [-0.4, -0.2) is 130 Å². The second-order valence-electron chi connectivity index (χ2n) is 11.9. The number of nitrogens with zero attached hydrogens (tertiary/aromatic N) is 7. The molecule has 0 amide bonds. The molecule has 6 rings (SSSR count). The zero-order valence-corrected chi connectivity index (χ0v) is 29.2. The molecule has 0 radical (unpaired) electrons. The van der Waals surface area contributed by atoms with Crippen LogP contribution < -0.4 is 17.0 Å². The number of benzene rings is 1. The second-order valence-corrected chi connectivity index (χ2v) is 15.0. The lowest BCUT2D eigenvalue weighted by Crippen LogP contribution is -2.42. The maximum atomic E-state index is 12.5. The number of imidazole rings is 1. The molecule has 9 atom stereocenters. The van der Waals surface area contributed by atoms with E-state index >= 15 is 0 Å². The standard InChI is InChI=1S/C27H31N9O16P2/c1-10-2-12-13(3-11(10)5-37)35(24-18(32-12)25(43)34-27(44)33-24)4-14(38)19(40)15(39)6-49-53(45,46)52-54(47,48)50-7-16-20(41)21(42)26(51-16)36-9-31-17-22(28)29-8-30-23(17)36/h2-3,5,8-9,14-16,19-21,26,38-42H,4,6-7H2,1H3,(H,45,46)(H,47,48)(H2,28,29,30)(H,34,43,44)/t14-,15+,16+,19-,20+,21+,26+/m0/s1. The molecule has 1 fully saturated rings. The Kier molecular flexibility index (Phi) is 10.9. The van der Waals surface area contributed by atoms with Crippen LogP contribution in [0.3, 0.4) is 0 Å². The van der Waals surface area contributed by atoms with E-state index in [0.29, 0.717) is 11.8 Å². The average Bonchev–Trinajstić information content (AvgIpc) is 3.66. The summed E-state index contributed by atoms with van der Waals surface area (Å²) in [5.41, 5.74) is 4.58. The van der Waals surface area contributed by atoms with Gasteiger partial charge in [0.1, 0.15) is 54.8 Å². The van der Waals surface area contributed by atoms with Crippen molar-refractivity contribution in [2.45, 2.75) is 56.3 Å². The molecule has 2 aromatic heterocycles. The van der Waals surface area contributed by atoms with Crippen molar-refractivity contribution in [2.24, 2.45) is 0 Å². The monoisotopic (exact) mass is 799 g/mol. The van der Waals surface area contributed by atoms with Crippen LogP contribution in [0.1, 0.15) is 22.1 Å². The largest absolute Gasteiger partial charge is 0.481 e. The first kappa shape index (κ1) is 39.2. The number of nitrogen functional groups attached to an aromatic ring is 1. The highest BCUT2D eigenvalue weighted by atomic mass is 31.3. The lowest BCUT2D eigenvalue weighted by atomic mass is 10.1. The number of nitrogens with one attached hydrogen (secondary N) is 1. The predicted molar refractivity (Wildman–Crippen MR) is 177 cm³/mol. The predicted octanol–water partition coefficient (Wildman–Crippen LogP) is -2.92. The minimum absolute atomic E-state index is 0.0201. The lowest BCUT2D eigenvalue weighted by Gasteiger charge is -2.26. The number of nitrogens with two attached hydrogens (primary N) is 1. The van der Waals surface area contributed by atoms with Gasteiger partial charge in [0.25, 0.3) is 5.56 Å². The number of carbonyl (C=O) groups is 1. The van der Waals surface area contributed by atoms with E-state index in [1.165, 1.54) is 23.0 Å². The van der Waals surface area contributed by atoms with Gasteiger partial charge in [-0.3, -0.25) is 28.2 Å². The molecule has 54 heavy (non-hydrogen) atoms. The fourth-order valence-corrected chi connectivity index (χ4v) is 7.69.